The molecule has 0 amide bonds. The average Bonchev–Trinajstić information content (AvgIpc) is 2.81. The minimum Gasteiger partial charge on any atom is -0.383 e. The number of nitrogens with one attached hydrogen (secondary N) is 1. The van der Waals surface area contributed by atoms with Crippen LogP contribution < -0.4 is 5.32 Å². The van der Waals surface area contributed by atoms with Gasteiger partial charge in [0.15, 0.2) is 0 Å². The largest absolute Gasteiger partial charge is 0.383 e. The van der Waals surface area contributed by atoms with E-state index in [2.05, 4.69) is 11.4 Å². The Morgan fingerprint density at radius 1 is 1.42 bits per heavy atom. The summed E-state index contributed by atoms with van der Waals surface area (Å²) in [5.74, 6) is 2.03. The maximum Gasteiger partial charge on any atom is 0.0931 e. The number of methoxy groups -OCH3 is 1. The van der Waals surface area contributed by atoms with Crippen molar-refractivity contribution in [1.82, 2.24) is 5.32 Å². The standard InChI is InChI=1S/C15H22ClNOS/c1-18-5-4-17-10-15(7-11-6-12(11)8-15)9-13-2-3-14(16)19-13/h2-3,11-12,17H,4-10H2,1H3. The smallest absolute Gasteiger partial charge is 0.0931 e. The monoisotopic (exact) mass is 299 g/mol. The van der Waals surface area contributed by atoms with Crippen molar-refractivity contribution in [2.45, 2.75) is 25.7 Å². The predicted octanol–water partition coefficient (Wildman–Crippen LogP) is 3.60. The fraction of sp³-hybridized carbons (Fsp3) is 0.733. The van der Waals surface area contributed by atoms with Crippen LogP contribution in [0.5, 0.6) is 0 Å². The van der Waals surface area contributed by atoms with Crippen LogP contribution in [0, 0.1) is 17.3 Å². The second-order valence-electron chi connectivity index (χ2n) is 6.22. The molecule has 2 saturated carbocycles. The normalized spacial score (nSPS) is 32.5. The van der Waals surface area contributed by atoms with Crippen molar-refractivity contribution in [3.05, 3.63) is 21.3 Å². The highest BCUT2D eigenvalue weighted by molar-refractivity contribution is 7.16. The van der Waals surface area contributed by atoms with Gasteiger partial charge in [-0.25, -0.2) is 0 Å². The molecular weight excluding hydrogens is 278 g/mol. The second-order valence-corrected chi connectivity index (χ2v) is 8.02. The second kappa shape index (κ2) is 5.72. The van der Waals surface area contributed by atoms with Gasteiger partial charge >= 0.3 is 0 Å². The van der Waals surface area contributed by atoms with E-state index in [0.29, 0.717) is 5.41 Å². The maximum atomic E-state index is 6.06. The summed E-state index contributed by atoms with van der Waals surface area (Å²) in [5, 5.41) is 3.58. The molecule has 1 aromatic heterocycles. The molecule has 2 aliphatic rings. The van der Waals surface area contributed by atoms with Crippen molar-refractivity contribution in [2.24, 2.45) is 17.3 Å². The van der Waals surface area contributed by atoms with E-state index in [9.17, 15) is 0 Å². The quantitative estimate of drug-likeness (QED) is 0.777. The van der Waals surface area contributed by atoms with E-state index >= 15 is 0 Å². The first-order valence-electron chi connectivity index (χ1n) is 7.15. The third-order valence-electron chi connectivity index (χ3n) is 4.62. The summed E-state index contributed by atoms with van der Waals surface area (Å²) >= 11 is 7.81. The number of rotatable bonds is 7. The molecule has 3 rings (SSSR count). The number of hydrogen-bond acceptors (Lipinski definition) is 3. The molecule has 1 aromatic rings. The minimum absolute atomic E-state index is 0.468. The minimum atomic E-state index is 0.468. The molecule has 2 unspecified atom stereocenters. The molecule has 1 N–H and O–H groups in total. The van der Waals surface area contributed by atoms with E-state index in [1.54, 1.807) is 18.4 Å². The Bertz CT molecular complexity index is 424. The highest BCUT2D eigenvalue weighted by atomic mass is 35.5. The molecule has 4 heteroatoms. The van der Waals surface area contributed by atoms with Crippen LogP contribution in [0.15, 0.2) is 12.1 Å². The number of ether oxygens (including phenoxy) is 1. The van der Waals surface area contributed by atoms with Gasteiger partial charge in [0.2, 0.25) is 0 Å². The van der Waals surface area contributed by atoms with E-state index < -0.39 is 0 Å². The summed E-state index contributed by atoms with van der Waals surface area (Å²) in [4.78, 5) is 1.44. The highest BCUT2D eigenvalue weighted by Crippen LogP contribution is 2.60. The van der Waals surface area contributed by atoms with Gasteiger partial charge in [0.1, 0.15) is 0 Å². The van der Waals surface area contributed by atoms with E-state index in [-0.39, 0.29) is 0 Å². The third-order valence-corrected chi connectivity index (χ3v) is 5.85. The summed E-state index contributed by atoms with van der Waals surface area (Å²) in [6.07, 6.45) is 5.46. The van der Waals surface area contributed by atoms with E-state index in [0.717, 1.165) is 35.9 Å². The molecule has 0 aromatic carbocycles. The van der Waals surface area contributed by atoms with E-state index in [1.807, 2.05) is 6.07 Å². The van der Waals surface area contributed by atoms with E-state index in [1.165, 1.54) is 30.6 Å². The van der Waals surface area contributed by atoms with Crippen molar-refractivity contribution < 1.29 is 4.74 Å². The summed E-state index contributed by atoms with van der Waals surface area (Å²) < 4.78 is 6.03. The van der Waals surface area contributed by atoms with Crippen LogP contribution in [0.25, 0.3) is 0 Å². The number of halogens is 1. The van der Waals surface area contributed by atoms with Crippen LogP contribution in [-0.2, 0) is 11.2 Å². The Morgan fingerprint density at radius 2 is 2.21 bits per heavy atom. The fourth-order valence-electron chi connectivity index (χ4n) is 3.70. The SMILES string of the molecule is COCCNCC1(Cc2ccc(Cl)s2)CC2CC2C1. The fourth-order valence-corrected chi connectivity index (χ4v) is 4.96. The lowest BCUT2D eigenvalue weighted by Crippen LogP contribution is -2.36. The topological polar surface area (TPSA) is 21.3 Å². The highest BCUT2D eigenvalue weighted by Gasteiger charge is 2.53. The number of fused-ring (bicyclic) bond motifs is 1. The summed E-state index contributed by atoms with van der Waals surface area (Å²) in [7, 11) is 1.76. The molecule has 2 nitrogen and oxygen atoms in total. The molecule has 2 atom stereocenters. The van der Waals surface area contributed by atoms with Gasteiger partial charge in [-0.15, -0.1) is 11.3 Å². The zero-order chi connectivity index (χ0) is 13.3. The molecule has 0 saturated heterocycles. The predicted molar refractivity (Wildman–Crippen MR) is 81.0 cm³/mol. The molecule has 0 spiro atoms. The molecule has 0 aliphatic heterocycles. The molecule has 2 fully saturated rings. The van der Waals surface area contributed by atoms with Gasteiger partial charge in [-0.05, 0) is 55.1 Å². The average molecular weight is 300 g/mol. The first-order chi connectivity index (χ1) is 9.21. The van der Waals surface area contributed by atoms with Gasteiger partial charge in [-0.2, -0.15) is 0 Å². The maximum absolute atomic E-state index is 6.06. The van der Waals surface area contributed by atoms with Crippen LogP contribution in [0.4, 0.5) is 0 Å². The molecule has 1 heterocycles. The van der Waals surface area contributed by atoms with Gasteiger partial charge in [0.05, 0.1) is 10.9 Å². The molecular formula is C15H22ClNOS. The Morgan fingerprint density at radius 3 is 2.84 bits per heavy atom. The van der Waals surface area contributed by atoms with Crippen LogP contribution in [0.3, 0.4) is 0 Å². The van der Waals surface area contributed by atoms with Crippen molar-refractivity contribution in [2.75, 3.05) is 26.8 Å². The Hall–Kier alpha value is -0.0900. The molecule has 106 valence electrons. The lowest BCUT2D eigenvalue weighted by molar-refractivity contribution is 0.186. The third kappa shape index (κ3) is 3.33. The first kappa shape index (κ1) is 13.9. The molecule has 0 bridgehead atoms. The summed E-state index contributed by atoms with van der Waals surface area (Å²) in [5.41, 5.74) is 0.468. The lowest BCUT2D eigenvalue weighted by Gasteiger charge is -2.31. The van der Waals surface area contributed by atoms with Crippen molar-refractivity contribution in [1.29, 1.82) is 0 Å². The van der Waals surface area contributed by atoms with Crippen LogP contribution in [-0.4, -0.2) is 26.8 Å². The van der Waals surface area contributed by atoms with Crippen molar-refractivity contribution >= 4 is 22.9 Å². The van der Waals surface area contributed by atoms with Gasteiger partial charge in [0, 0.05) is 25.1 Å². The van der Waals surface area contributed by atoms with Crippen molar-refractivity contribution in [3.63, 3.8) is 0 Å². The van der Waals surface area contributed by atoms with Gasteiger partial charge in [-0.1, -0.05) is 11.6 Å². The lowest BCUT2D eigenvalue weighted by atomic mass is 9.79. The zero-order valence-electron chi connectivity index (χ0n) is 11.5. The van der Waals surface area contributed by atoms with Crippen LogP contribution >= 0.6 is 22.9 Å². The number of hydrogen-bond donors (Lipinski definition) is 1. The van der Waals surface area contributed by atoms with Crippen LogP contribution in [0.2, 0.25) is 4.34 Å². The first-order valence-corrected chi connectivity index (χ1v) is 8.34. The number of thiophene rings is 1. The zero-order valence-corrected chi connectivity index (χ0v) is 13.0. The summed E-state index contributed by atoms with van der Waals surface area (Å²) in [6, 6.07) is 4.23. The summed E-state index contributed by atoms with van der Waals surface area (Å²) in [6.45, 7) is 2.88. The Balaban J connectivity index is 1.60. The molecule has 2 aliphatic carbocycles. The van der Waals surface area contributed by atoms with Gasteiger partial charge in [-0.3, -0.25) is 0 Å². The van der Waals surface area contributed by atoms with Crippen LogP contribution in [0.1, 0.15) is 24.1 Å². The Kier molecular flexibility index (Phi) is 4.18. The van der Waals surface area contributed by atoms with Gasteiger partial charge < -0.3 is 10.1 Å². The van der Waals surface area contributed by atoms with Gasteiger partial charge in [0.25, 0.3) is 0 Å². The Labute approximate surface area is 124 Å². The molecule has 0 radical (unpaired) electrons. The molecule has 19 heavy (non-hydrogen) atoms. The van der Waals surface area contributed by atoms with E-state index in [4.69, 9.17) is 16.3 Å². The van der Waals surface area contributed by atoms with Crippen molar-refractivity contribution in [3.8, 4) is 0 Å².